The Morgan fingerprint density at radius 1 is 1.14 bits per heavy atom. The van der Waals surface area contributed by atoms with E-state index in [1.54, 1.807) is 30.3 Å². The lowest BCUT2D eigenvalue weighted by Gasteiger charge is -2.12. The number of hydrogen-bond acceptors (Lipinski definition) is 11. The number of ether oxygens (including phenoxy) is 4. The van der Waals surface area contributed by atoms with Crippen LogP contribution in [-0.4, -0.2) is 42.7 Å². The van der Waals surface area contributed by atoms with Crippen LogP contribution in [0.4, 0.5) is 11.6 Å². The Morgan fingerprint density at radius 3 is 2.72 bits per heavy atom. The number of carbonyl (C=O) groups excluding carboxylic acids is 2. The van der Waals surface area contributed by atoms with Crippen LogP contribution in [0.25, 0.3) is 5.57 Å². The number of hydrogen-bond donors (Lipinski definition) is 2. The van der Waals surface area contributed by atoms with Crippen molar-refractivity contribution in [2.45, 2.75) is 6.54 Å². The monoisotopic (exact) mass is 487 g/mol. The Labute approximate surface area is 206 Å². The van der Waals surface area contributed by atoms with E-state index in [2.05, 4.69) is 31.4 Å². The van der Waals surface area contributed by atoms with Gasteiger partial charge in [-0.25, -0.2) is 19.6 Å². The highest BCUT2D eigenvalue weighted by Crippen LogP contribution is 2.35. The number of nitriles is 1. The molecule has 0 unspecified atom stereocenters. The number of rotatable bonds is 8. The van der Waals surface area contributed by atoms with Gasteiger partial charge < -0.3 is 29.6 Å². The molecule has 0 bridgehead atoms. The fourth-order valence-corrected chi connectivity index (χ4v) is 3.30. The quantitative estimate of drug-likeness (QED) is 0.357. The van der Waals surface area contributed by atoms with Crippen molar-refractivity contribution in [2.24, 2.45) is 0 Å². The van der Waals surface area contributed by atoms with E-state index in [9.17, 15) is 14.9 Å². The van der Waals surface area contributed by atoms with E-state index in [1.807, 2.05) is 18.2 Å². The minimum Gasteiger partial charge on any atom is -0.481 e. The molecule has 2 N–H and O–H groups in total. The van der Waals surface area contributed by atoms with Gasteiger partial charge in [-0.1, -0.05) is 18.2 Å². The van der Waals surface area contributed by atoms with Crippen molar-refractivity contribution in [3.05, 3.63) is 77.4 Å². The number of para-hydroxylation sites is 2. The summed E-state index contributed by atoms with van der Waals surface area (Å²) in [4.78, 5) is 32.2. The zero-order valence-corrected chi connectivity index (χ0v) is 19.4. The number of nitrogens with zero attached hydrogens (tertiary/aromatic N) is 3. The lowest BCUT2D eigenvalue weighted by Crippen LogP contribution is -2.15. The van der Waals surface area contributed by atoms with Crippen LogP contribution in [0.1, 0.15) is 21.6 Å². The minimum absolute atomic E-state index is 0.149. The summed E-state index contributed by atoms with van der Waals surface area (Å²) in [5.74, 6) is 0.154. The molecule has 1 aromatic heterocycles. The van der Waals surface area contributed by atoms with Crippen molar-refractivity contribution in [3.8, 4) is 17.6 Å². The minimum atomic E-state index is -0.620. The third kappa shape index (κ3) is 5.34. The number of allylic oxidation sites excluding steroid dienone is 1. The van der Waals surface area contributed by atoms with Crippen molar-refractivity contribution in [1.29, 1.82) is 5.26 Å². The van der Waals surface area contributed by atoms with Crippen molar-refractivity contribution in [1.82, 2.24) is 9.97 Å². The summed E-state index contributed by atoms with van der Waals surface area (Å²) >= 11 is 0. The molecule has 4 rings (SSSR count). The van der Waals surface area contributed by atoms with Crippen molar-refractivity contribution >= 4 is 29.1 Å². The Kier molecular flexibility index (Phi) is 7.26. The zero-order chi connectivity index (χ0) is 25.5. The number of esters is 2. The van der Waals surface area contributed by atoms with Crippen LogP contribution in [0, 0.1) is 11.3 Å². The number of fused-ring (bicyclic) bond motifs is 1. The molecule has 0 atom stereocenters. The highest BCUT2D eigenvalue weighted by atomic mass is 16.6. The molecule has 36 heavy (non-hydrogen) atoms. The van der Waals surface area contributed by atoms with Gasteiger partial charge in [-0.05, 0) is 35.9 Å². The normalized spacial score (nSPS) is 12.8. The average molecular weight is 487 g/mol. The molecule has 0 amide bonds. The largest absolute Gasteiger partial charge is 0.481 e. The molecule has 0 aliphatic carbocycles. The van der Waals surface area contributed by atoms with Gasteiger partial charge in [0.25, 0.3) is 0 Å². The summed E-state index contributed by atoms with van der Waals surface area (Å²) < 4.78 is 20.5. The van der Waals surface area contributed by atoms with Crippen LogP contribution in [0.3, 0.4) is 0 Å². The third-order valence-electron chi connectivity index (χ3n) is 5.07. The molecule has 182 valence electrons. The molecule has 0 saturated heterocycles. The van der Waals surface area contributed by atoms with Crippen LogP contribution in [-0.2, 0) is 20.8 Å². The maximum absolute atomic E-state index is 12.2. The maximum atomic E-state index is 12.2. The number of anilines is 2. The lowest BCUT2D eigenvalue weighted by atomic mass is 10.1. The summed E-state index contributed by atoms with van der Waals surface area (Å²) in [5.41, 5.74) is 2.19. The van der Waals surface area contributed by atoms with Crippen LogP contribution in [0.5, 0.6) is 11.5 Å². The number of nitrogens with one attached hydrogen (secondary N) is 2. The van der Waals surface area contributed by atoms with E-state index in [0.717, 1.165) is 5.69 Å². The first kappa shape index (κ1) is 24.0. The van der Waals surface area contributed by atoms with Crippen molar-refractivity contribution in [2.75, 3.05) is 31.5 Å². The fraction of sp³-hybridized carbons (Fsp3) is 0.160. The van der Waals surface area contributed by atoms with Crippen LogP contribution in [0.15, 0.2) is 60.6 Å². The molecule has 11 nitrogen and oxygen atoms in total. The Hall–Kier alpha value is -5.11. The molecule has 0 fully saturated rings. The number of methoxy groups -OCH3 is 2. The standard InChI is InChI=1S/C25H21N5O6/c1-33-22(31)14-35-20-8-7-15(11-16(20)24(32)34-2)13-28-25-27-10-9-18(30-25)17(12-26)23-29-19-5-3-4-6-21(19)36-23/h3-11,29H,13-14H2,1-2H3,(H,27,28,30)/b23-17-. The van der Waals surface area contributed by atoms with Gasteiger partial charge in [0.05, 0.1) is 25.6 Å². The van der Waals surface area contributed by atoms with Gasteiger partial charge in [0.1, 0.15) is 23.0 Å². The zero-order valence-electron chi connectivity index (χ0n) is 19.4. The molecule has 0 saturated carbocycles. The molecule has 1 aliphatic rings. The van der Waals surface area contributed by atoms with E-state index in [4.69, 9.17) is 14.2 Å². The van der Waals surface area contributed by atoms with Crippen molar-refractivity contribution in [3.63, 3.8) is 0 Å². The van der Waals surface area contributed by atoms with Crippen LogP contribution >= 0.6 is 0 Å². The summed E-state index contributed by atoms with van der Waals surface area (Å²) in [6.07, 6.45) is 1.52. The summed E-state index contributed by atoms with van der Waals surface area (Å²) in [7, 11) is 2.49. The predicted octanol–water partition coefficient (Wildman–Crippen LogP) is 3.12. The molecule has 2 heterocycles. The molecular formula is C25H21N5O6. The molecule has 3 aromatic rings. The van der Waals surface area contributed by atoms with E-state index in [-0.39, 0.29) is 41.9 Å². The van der Waals surface area contributed by atoms with Gasteiger partial charge in [-0.15, -0.1) is 0 Å². The van der Waals surface area contributed by atoms with E-state index >= 15 is 0 Å². The first-order valence-corrected chi connectivity index (χ1v) is 10.7. The maximum Gasteiger partial charge on any atom is 0.343 e. The SMILES string of the molecule is COC(=O)COc1ccc(CNc2nccc(/C(C#N)=C3/Nc4ccccc4O3)n2)cc1C(=O)OC. The summed E-state index contributed by atoms with van der Waals surface area (Å²) in [6, 6.07) is 15.9. The summed E-state index contributed by atoms with van der Waals surface area (Å²) in [5, 5.41) is 15.9. The predicted molar refractivity (Wildman–Crippen MR) is 128 cm³/mol. The van der Waals surface area contributed by atoms with E-state index in [0.29, 0.717) is 17.0 Å². The van der Waals surface area contributed by atoms with E-state index < -0.39 is 11.9 Å². The average Bonchev–Trinajstić information content (AvgIpc) is 3.34. The van der Waals surface area contributed by atoms with Crippen LogP contribution in [0.2, 0.25) is 0 Å². The molecule has 11 heteroatoms. The fourth-order valence-electron chi connectivity index (χ4n) is 3.30. The van der Waals surface area contributed by atoms with Crippen LogP contribution < -0.4 is 20.1 Å². The second-order valence-electron chi connectivity index (χ2n) is 7.35. The summed E-state index contributed by atoms with van der Waals surface area (Å²) in [6.45, 7) is -0.0948. The van der Waals surface area contributed by atoms with Gasteiger partial charge in [0, 0.05) is 12.7 Å². The molecule has 0 radical (unpaired) electrons. The number of aromatic nitrogens is 2. The topological polar surface area (TPSA) is 145 Å². The Morgan fingerprint density at radius 2 is 1.97 bits per heavy atom. The van der Waals surface area contributed by atoms with Gasteiger partial charge >= 0.3 is 11.9 Å². The van der Waals surface area contributed by atoms with Gasteiger partial charge in [-0.2, -0.15) is 5.26 Å². The highest BCUT2D eigenvalue weighted by Gasteiger charge is 2.22. The Balaban J connectivity index is 1.50. The smallest absolute Gasteiger partial charge is 0.343 e. The Bertz CT molecular complexity index is 1350. The second kappa shape index (κ2) is 10.9. The second-order valence-corrected chi connectivity index (χ2v) is 7.35. The third-order valence-corrected chi connectivity index (χ3v) is 5.07. The number of benzene rings is 2. The molecule has 1 aliphatic heterocycles. The lowest BCUT2D eigenvalue weighted by molar-refractivity contribution is -0.142. The van der Waals surface area contributed by atoms with Gasteiger partial charge in [0.15, 0.2) is 12.4 Å². The molecule has 2 aromatic carbocycles. The number of carbonyl (C=O) groups is 2. The first-order valence-electron chi connectivity index (χ1n) is 10.7. The first-order chi connectivity index (χ1) is 17.5. The van der Waals surface area contributed by atoms with Crippen molar-refractivity contribution < 1.29 is 28.5 Å². The molecular weight excluding hydrogens is 466 g/mol. The molecule has 0 spiro atoms. The van der Waals surface area contributed by atoms with Gasteiger partial charge in [-0.3, -0.25) is 0 Å². The van der Waals surface area contributed by atoms with E-state index in [1.165, 1.54) is 20.4 Å². The highest BCUT2D eigenvalue weighted by molar-refractivity contribution is 5.92. The van der Waals surface area contributed by atoms with Gasteiger partial charge in [0.2, 0.25) is 11.8 Å².